The second-order valence-electron chi connectivity index (χ2n) is 7.73. The van der Waals surface area contributed by atoms with Crippen LogP contribution in [-0.2, 0) is 9.59 Å². The lowest BCUT2D eigenvalue weighted by Gasteiger charge is -2.24. The van der Waals surface area contributed by atoms with Gasteiger partial charge < -0.3 is 10.4 Å². The highest BCUT2D eigenvalue weighted by Gasteiger charge is 2.58. The lowest BCUT2D eigenvalue weighted by molar-refractivity contribution is -0.121. The van der Waals surface area contributed by atoms with E-state index in [9.17, 15) is 19.6 Å². The minimum Gasteiger partial charge on any atom is -0.733 e. The lowest BCUT2D eigenvalue weighted by Crippen LogP contribution is -2.39. The summed E-state index contributed by atoms with van der Waals surface area (Å²) in [5.74, 6) is -2.68. The Bertz CT molecular complexity index is 1310. The number of carbonyl (C=O) groups excluding carboxylic acids is 3. The van der Waals surface area contributed by atoms with Crippen molar-refractivity contribution in [3.8, 4) is 0 Å². The van der Waals surface area contributed by atoms with Crippen LogP contribution in [0.15, 0.2) is 88.4 Å². The van der Waals surface area contributed by atoms with Gasteiger partial charge in [0.1, 0.15) is 17.7 Å². The number of amides is 2. The van der Waals surface area contributed by atoms with E-state index in [-0.39, 0.29) is 22.3 Å². The average Bonchev–Trinajstić information content (AvgIpc) is 3.36. The summed E-state index contributed by atoms with van der Waals surface area (Å²) < 4.78 is 0.794. The molecule has 34 heavy (non-hydrogen) atoms. The predicted octanol–water partition coefficient (Wildman–Crippen LogP) is 3.76. The summed E-state index contributed by atoms with van der Waals surface area (Å²) in [4.78, 5) is 41.4. The molecule has 0 aromatic heterocycles. The molecule has 3 aromatic rings. The molecule has 0 saturated carbocycles. The Kier molecular flexibility index (Phi) is 5.48. The van der Waals surface area contributed by atoms with E-state index in [0.717, 1.165) is 9.37 Å². The van der Waals surface area contributed by atoms with E-state index in [1.165, 1.54) is 29.3 Å². The largest absolute Gasteiger partial charge is 0.733 e. The molecule has 1 saturated heterocycles. The first kappa shape index (κ1) is 22.0. The monoisotopic (exact) mass is 519 g/mol. The summed E-state index contributed by atoms with van der Waals surface area (Å²) in [6.45, 7) is 0. The van der Waals surface area contributed by atoms with Gasteiger partial charge >= 0.3 is 0 Å². The van der Waals surface area contributed by atoms with E-state index in [2.05, 4.69) is 21.0 Å². The number of Topliss-reactive ketones (excluding diaryl/α,β-unsaturated/α-hetero) is 1. The number of imide groups is 1. The Morgan fingerprint density at radius 3 is 2.18 bits per heavy atom. The van der Waals surface area contributed by atoms with Crippen molar-refractivity contribution < 1.29 is 19.6 Å². The maximum Gasteiger partial charge on any atom is 0.259 e. The third-order valence-corrected chi connectivity index (χ3v) is 6.27. The van der Waals surface area contributed by atoms with Crippen LogP contribution < -0.4 is 15.1 Å². The van der Waals surface area contributed by atoms with Crippen LogP contribution in [0.1, 0.15) is 10.4 Å². The molecule has 1 fully saturated rings. The average molecular weight is 520 g/mol. The number of carbonyl (C=O) groups is 3. The highest BCUT2D eigenvalue weighted by Crippen LogP contribution is 2.38. The van der Waals surface area contributed by atoms with Gasteiger partial charge in [0.2, 0.25) is 11.7 Å². The fraction of sp³-hybridized carbons (Fsp3) is 0.0833. The van der Waals surface area contributed by atoms with Crippen LogP contribution in [0.25, 0.3) is 0 Å². The Hall–Kier alpha value is -3.86. The van der Waals surface area contributed by atoms with Crippen molar-refractivity contribution >= 4 is 56.3 Å². The molecule has 170 valence electrons. The number of rotatable bonds is 5. The SMILES string of the molecule is O=C(C1=NN(c2ccccc2)[C@H]2C(=O)N(c3ccc(N([O-])O)cc3)C(=O)[C@@H]12)c1ccc(Br)cc1. The highest BCUT2D eigenvalue weighted by atomic mass is 79.9. The first-order chi connectivity index (χ1) is 16.4. The van der Waals surface area contributed by atoms with Crippen molar-refractivity contribution in [3.05, 3.63) is 94.1 Å². The quantitative estimate of drug-likeness (QED) is 0.309. The molecule has 2 aliphatic heterocycles. The number of hydrogen-bond donors (Lipinski definition) is 1. The zero-order valence-corrected chi connectivity index (χ0v) is 19.0. The number of hydrazone groups is 1. The molecule has 5 rings (SSSR count). The van der Waals surface area contributed by atoms with Crippen molar-refractivity contribution in [2.45, 2.75) is 6.04 Å². The Morgan fingerprint density at radius 2 is 1.56 bits per heavy atom. The molecule has 2 aliphatic rings. The van der Waals surface area contributed by atoms with Gasteiger partial charge in [-0.3, -0.25) is 24.6 Å². The second-order valence-corrected chi connectivity index (χ2v) is 8.64. The van der Waals surface area contributed by atoms with Crippen LogP contribution in [0.2, 0.25) is 0 Å². The van der Waals surface area contributed by atoms with Gasteiger partial charge in [0.05, 0.1) is 17.1 Å². The van der Waals surface area contributed by atoms with E-state index in [4.69, 9.17) is 5.21 Å². The van der Waals surface area contributed by atoms with Crippen LogP contribution in [-0.4, -0.2) is 34.6 Å². The number of hydrogen-bond acceptors (Lipinski definition) is 8. The minimum atomic E-state index is -1.10. The molecule has 9 nitrogen and oxygen atoms in total. The Labute approximate surface area is 202 Å². The van der Waals surface area contributed by atoms with E-state index in [1.807, 2.05) is 6.07 Å². The van der Waals surface area contributed by atoms with Crippen molar-refractivity contribution in [3.63, 3.8) is 0 Å². The molecule has 10 heteroatoms. The summed E-state index contributed by atoms with van der Waals surface area (Å²) in [5.41, 5.74) is 1.06. The third kappa shape index (κ3) is 3.58. The zero-order chi connectivity index (χ0) is 24.0. The van der Waals surface area contributed by atoms with Crippen molar-refractivity contribution in [2.24, 2.45) is 11.0 Å². The van der Waals surface area contributed by atoms with Crippen LogP contribution >= 0.6 is 15.9 Å². The van der Waals surface area contributed by atoms with Crippen molar-refractivity contribution in [2.75, 3.05) is 15.1 Å². The van der Waals surface area contributed by atoms with Crippen molar-refractivity contribution in [1.29, 1.82) is 0 Å². The normalized spacial score (nSPS) is 19.3. The molecule has 2 amide bonds. The van der Waals surface area contributed by atoms with Gasteiger partial charge in [-0.15, -0.1) is 0 Å². The van der Waals surface area contributed by atoms with Gasteiger partial charge in [-0.1, -0.05) is 34.1 Å². The molecule has 0 bridgehead atoms. The number of ketones is 1. The summed E-state index contributed by atoms with van der Waals surface area (Å²) >= 11 is 3.34. The molecule has 0 spiro atoms. The van der Waals surface area contributed by atoms with Crippen LogP contribution in [0.3, 0.4) is 0 Å². The maximum absolute atomic E-state index is 13.5. The van der Waals surface area contributed by atoms with Gasteiger partial charge in [0, 0.05) is 10.0 Å². The fourth-order valence-corrected chi connectivity index (χ4v) is 4.39. The number of halogens is 1. The topological polar surface area (TPSA) is 117 Å². The summed E-state index contributed by atoms with van der Waals surface area (Å²) in [6, 6.07) is 19.8. The number of para-hydroxylation sites is 1. The number of nitrogens with zero attached hydrogens (tertiary/aromatic N) is 4. The first-order valence-corrected chi connectivity index (χ1v) is 11.0. The molecule has 2 atom stereocenters. The number of fused-ring (bicyclic) bond motifs is 1. The van der Waals surface area contributed by atoms with Gasteiger partial charge in [-0.2, -0.15) is 5.10 Å². The van der Waals surface area contributed by atoms with Gasteiger partial charge in [0.25, 0.3) is 5.91 Å². The molecule has 0 aliphatic carbocycles. The van der Waals surface area contributed by atoms with Crippen LogP contribution in [0.4, 0.5) is 17.1 Å². The Morgan fingerprint density at radius 1 is 0.912 bits per heavy atom. The predicted molar refractivity (Wildman–Crippen MR) is 129 cm³/mol. The molecular weight excluding hydrogens is 504 g/mol. The van der Waals surface area contributed by atoms with E-state index in [1.54, 1.807) is 48.5 Å². The van der Waals surface area contributed by atoms with Crippen molar-refractivity contribution in [1.82, 2.24) is 0 Å². The first-order valence-electron chi connectivity index (χ1n) is 10.2. The fourth-order valence-electron chi connectivity index (χ4n) is 4.13. The van der Waals surface area contributed by atoms with Crippen LogP contribution in [0, 0.1) is 11.1 Å². The standard InChI is InChI=1S/C24H16BrN4O5/c25-15-8-6-14(7-9-15)22(30)20-19-21(28(26-20)17-4-2-1-3-5-17)24(32)27(23(19)31)16-10-12-18(13-11-16)29(33)34/h1-13,19,21,33H/q-1/t19-,21+/m0/s1. The van der Waals surface area contributed by atoms with E-state index in [0.29, 0.717) is 11.3 Å². The van der Waals surface area contributed by atoms with Crippen LogP contribution in [0.5, 0.6) is 0 Å². The molecule has 3 aromatic carbocycles. The lowest BCUT2D eigenvalue weighted by atomic mass is 9.92. The van der Waals surface area contributed by atoms with E-state index >= 15 is 0 Å². The third-order valence-electron chi connectivity index (χ3n) is 5.74. The Balaban J connectivity index is 1.57. The molecule has 1 N–H and O–H groups in total. The van der Waals surface area contributed by atoms with Gasteiger partial charge in [0.15, 0.2) is 0 Å². The summed E-state index contributed by atoms with van der Waals surface area (Å²) in [7, 11) is 0. The van der Waals surface area contributed by atoms with Gasteiger partial charge in [-0.25, -0.2) is 4.90 Å². The molecule has 0 radical (unpaired) electrons. The smallest absolute Gasteiger partial charge is 0.259 e. The number of benzene rings is 3. The minimum absolute atomic E-state index is 0.0188. The molecular formula is C24H16BrN4O5-. The van der Waals surface area contributed by atoms with Gasteiger partial charge in [-0.05, 0) is 60.7 Å². The highest BCUT2D eigenvalue weighted by molar-refractivity contribution is 9.10. The maximum atomic E-state index is 13.5. The second kappa shape index (κ2) is 8.49. The van der Waals surface area contributed by atoms with E-state index < -0.39 is 29.6 Å². The molecule has 2 heterocycles. The number of anilines is 3. The zero-order valence-electron chi connectivity index (χ0n) is 17.4. The molecule has 0 unspecified atom stereocenters. The summed E-state index contributed by atoms with van der Waals surface area (Å²) in [6.07, 6.45) is 0. The summed E-state index contributed by atoms with van der Waals surface area (Å²) in [5, 5.41) is 25.7.